The Bertz CT molecular complexity index is 1900. The number of carbonyl (C=O) groups excluding carboxylic acids is 4. The van der Waals surface area contributed by atoms with E-state index in [0.717, 1.165) is 19.3 Å². The number of aromatic hydroxyl groups is 2. The van der Waals surface area contributed by atoms with E-state index in [9.17, 15) is 34.5 Å². The Hall–Kier alpha value is -5.21. The maximum Gasteiger partial charge on any atom is 0.340 e. The minimum atomic E-state index is -1.35. The Balaban J connectivity index is 0.915. The van der Waals surface area contributed by atoms with Gasteiger partial charge in [-0.2, -0.15) is 0 Å². The Morgan fingerprint density at radius 3 is 2.19 bits per heavy atom. The number of ether oxygens (including phenoxy) is 2. The predicted molar refractivity (Wildman–Crippen MR) is 192 cm³/mol. The molecule has 0 saturated carbocycles. The van der Waals surface area contributed by atoms with Crippen molar-refractivity contribution in [1.29, 1.82) is 0 Å². The lowest BCUT2D eigenvalue weighted by molar-refractivity contribution is -0.146. The van der Waals surface area contributed by atoms with Crippen LogP contribution < -0.4 is 15.4 Å². The van der Waals surface area contributed by atoms with Gasteiger partial charge in [-0.1, -0.05) is 12.5 Å². The number of likely N-dealkylation sites (tertiary alicyclic amines) is 2. The van der Waals surface area contributed by atoms with Crippen molar-refractivity contribution in [2.45, 2.75) is 69.1 Å². The van der Waals surface area contributed by atoms with Crippen LogP contribution in [0.15, 0.2) is 54.6 Å². The van der Waals surface area contributed by atoms with Crippen molar-refractivity contribution in [3.63, 3.8) is 0 Å². The number of ketones is 1. The molecule has 0 aromatic heterocycles. The van der Waals surface area contributed by atoms with Crippen LogP contribution in [0.4, 0.5) is 5.69 Å². The minimum absolute atomic E-state index is 0.0215. The van der Waals surface area contributed by atoms with Gasteiger partial charge in [0.15, 0.2) is 16.5 Å². The van der Waals surface area contributed by atoms with Gasteiger partial charge in [0, 0.05) is 60.6 Å². The fourth-order valence-electron chi connectivity index (χ4n) is 7.87. The minimum Gasteiger partial charge on any atom is -0.508 e. The van der Waals surface area contributed by atoms with Gasteiger partial charge in [0.25, 0.3) is 0 Å². The van der Waals surface area contributed by atoms with Crippen molar-refractivity contribution in [1.82, 2.24) is 15.1 Å². The molecular formula is C38H40N4O9S. The van der Waals surface area contributed by atoms with Crippen LogP contribution in [0.5, 0.6) is 23.0 Å². The molecule has 7 rings (SSSR count). The van der Waals surface area contributed by atoms with Gasteiger partial charge in [-0.25, -0.2) is 4.79 Å². The monoisotopic (exact) mass is 728 g/mol. The van der Waals surface area contributed by atoms with E-state index in [-0.39, 0.29) is 29.1 Å². The third kappa shape index (κ3) is 6.41. The quantitative estimate of drug-likeness (QED) is 0.115. The Kier molecular flexibility index (Phi) is 9.77. The predicted octanol–water partition coefficient (Wildman–Crippen LogP) is 4.06. The zero-order valence-corrected chi connectivity index (χ0v) is 29.2. The number of thiocarbonyl (C=S) groups is 1. The fraction of sp³-hybridized carbons (Fsp3) is 0.395. The first-order valence-corrected chi connectivity index (χ1v) is 18.0. The number of esters is 1. The maximum absolute atomic E-state index is 13.4. The Morgan fingerprint density at radius 2 is 1.50 bits per heavy atom. The van der Waals surface area contributed by atoms with Crippen molar-refractivity contribution in [2.24, 2.45) is 0 Å². The zero-order valence-electron chi connectivity index (χ0n) is 28.4. The summed E-state index contributed by atoms with van der Waals surface area (Å²) in [6.45, 7) is 0.959. The van der Waals surface area contributed by atoms with Gasteiger partial charge < -0.3 is 45.2 Å². The molecule has 14 heteroatoms. The van der Waals surface area contributed by atoms with Crippen molar-refractivity contribution in [2.75, 3.05) is 31.6 Å². The van der Waals surface area contributed by atoms with Gasteiger partial charge in [-0.15, -0.1) is 0 Å². The van der Waals surface area contributed by atoms with E-state index in [1.165, 1.54) is 24.3 Å². The molecule has 2 amide bonds. The van der Waals surface area contributed by atoms with E-state index in [0.29, 0.717) is 96.3 Å². The number of nitrogens with one attached hydrogen (secondary N) is 2. The van der Waals surface area contributed by atoms with Crippen molar-refractivity contribution >= 4 is 46.6 Å². The molecule has 0 radical (unpaired) electrons. The molecular weight excluding hydrogens is 689 g/mol. The molecule has 2 saturated heterocycles. The average Bonchev–Trinajstić information content (AvgIpc) is 3.88. The van der Waals surface area contributed by atoms with Crippen LogP contribution in [0, 0.1) is 0 Å². The topological polar surface area (TPSA) is 178 Å². The molecule has 272 valence electrons. The fourth-order valence-corrected chi connectivity index (χ4v) is 8.09. The van der Waals surface area contributed by atoms with Gasteiger partial charge in [-0.3, -0.25) is 14.4 Å². The molecule has 13 nitrogen and oxygen atoms in total. The number of phenols is 2. The summed E-state index contributed by atoms with van der Waals surface area (Å²) in [7, 11) is 0. The van der Waals surface area contributed by atoms with Crippen LogP contribution in [0.2, 0.25) is 0 Å². The SMILES string of the molecule is O=C1OC2(c3ccc(O)cc3Oc3cc(O)ccc32)c2ccc(NC(=S)NCCCCCC(=O)N3CCC[C@H]3C(=O)N3CCC[C@H]3C(=O)CO)cc21. The molecule has 0 unspecified atom stereocenters. The number of aliphatic hydroxyl groups excluding tert-OH is 1. The number of unbranched alkanes of at least 4 members (excludes halogenated alkanes) is 2. The number of carbonyl (C=O) groups is 4. The molecule has 2 fully saturated rings. The molecule has 4 aliphatic rings. The summed E-state index contributed by atoms with van der Waals surface area (Å²) in [5.41, 5.74) is 1.22. The summed E-state index contributed by atoms with van der Waals surface area (Å²) >= 11 is 5.51. The van der Waals surface area contributed by atoms with Crippen LogP contribution in [0.25, 0.3) is 0 Å². The normalized spacial score (nSPS) is 19.4. The van der Waals surface area contributed by atoms with Crippen molar-refractivity contribution < 1.29 is 44.0 Å². The standard InChI is InChI=1S/C38H40N4O9S/c43-21-31(46)29-6-4-17-42(29)35(48)30-7-5-16-41(30)34(47)8-2-1-3-15-39-37(52)40-22-9-12-26-25(18-22)36(49)51-38(26)27-13-10-23(44)19-32(27)50-33-20-24(45)11-14-28(33)38/h9-14,18-20,29-30,43-45H,1-8,15-17,21H2,(H2,39,40,52)/t29-,30-/m0/s1. The lowest BCUT2D eigenvalue weighted by Gasteiger charge is -2.36. The average molecular weight is 729 g/mol. The number of hydrogen-bond donors (Lipinski definition) is 5. The molecule has 0 bridgehead atoms. The number of benzene rings is 3. The van der Waals surface area contributed by atoms with E-state index in [2.05, 4.69) is 10.6 Å². The summed E-state index contributed by atoms with van der Waals surface area (Å²) < 4.78 is 12.1. The molecule has 3 aromatic rings. The van der Waals surface area contributed by atoms with Crippen LogP contribution in [-0.2, 0) is 24.7 Å². The number of Topliss-reactive ketones (excluding diaryl/α,β-unsaturated/α-hetero) is 1. The largest absolute Gasteiger partial charge is 0.508 e. The Morgan fingerprint density at radius 1 is 0.846 bits per heavy atom. The number of nitrogens with zero attached hydrogens (tertiary/aromatic N) is 2. The van der Waals surface area contributed by atoms with Gasteiger partial charge >= 0.3 is 5.97 Å². The smallest absolute Gasteiger partial charge is 0.340 e. The number of aliphatic hydroxyl groups is 1. The first-order valence-electron chi connectivity index (χ1n) is 17.6. The van der Waals surface area contributed by atoms with E-state index in [1.807, 2.05) is 0 Å². The first-order chi connectivity index (χ1) is 25.1. The molecule has 1 spiro atoms. The maximum atomic E-state index is 13.4. The molecule has 0 aliphatic carbocycles. The van der Waals surface area contributed by atoms with Gasteiger partial charge in [0.2, 0.25) is 11.8 Å². The van der Waals surface area contributed by atoms with E-state index in [1.54, 1.807) is 40.1 Å². The molecule has 4 aliphatic heterocycles. The zero-order chi connectivity index (χ0) is 36.6. The molecule has 2 atom stereocenters. The Labute approximate surface area is 305 Å². The summed E-state index contributed by atoms with van der Waals surface area (Å²) in [5, 5.41) is 36.2. The van der Waals surface area contributed by atoms with Crippen LogP contribution >= 0.6 is 12.2 Å². The van der Waals surface area contributed by atoms with Crippen LogP contribution in [0.1, 0.15) is 78.4 Å². The number of fused-ring (bicyclic) bond motifs is 6. The van der Waals surface area contributed by atoms with Crippen LogP contribution in [0.3, 0.4) is 0 Å². The molecule has 5 N–H and O–H groups in total. The summed E-state index contributed by atoms with van der Waals surface area (Å²) in [4.78, 5) is 55.1. The number of anilines is 1. The second kappa shape index (κ2) is 14.4. The highest BCUT2D eigenvalue weighted by Crippen LogP contribution is 2.57. The van der Waals surface area contributed by atoms with Gasteiger partial charge in [0.05, 0.1) is 11.6 Å². The van der Waals surface area contributed by atoms with Crippen molar-refractivity contribution in [3.8, 4) is 23.0 Å². The van der Waals surface area contributed by atoms with E-state index in [4.69, 9.17) is 21.7 Å². The first kappa shape index (κ1) is 35.2. The number of phenolic OH excluding ortho intramolecular Hbond substituents is 2. The summed E-state index contributed by atoms with van der Waals surface area (Å²) in [6, 6.07) is 13.3. The highest BCUT2D eigenvalue weighted by atomic mass is 32.1. The molecule has 52 heavy (non-hydrogen) atoms. The third-order valence-corrected chi connectivity index (χ3v) is 10.6. The van der Waals surface area contributed by atoms with Crippen LogP contribution in [-0.4, -0.2) is 92.1 Å². The summed E-state index contributed by atoms with van der Waals surface area (Å²) in [6.07, 6.45) is 5.06. The highest BCUT2D eigenvalue weighted by molar-refractivity contribution is 7.80. The van der Waals surface area contributed by atoms with Gasteiger partial charge in [0.1, 0.15) is 35.6 Å². The number of amides is 2. The van der Waals surface area contributed by atoms with E-state index >= 15 is 0 Å². The molecule has 3 aromatic carbocycles. The van der Waals surface area contributed by atoms with Gasteiger partial charge in [-0.05, 0) is 87.1 Å². The third-order valence-electron chi connectivity index (χ3n) is 10.3. The number of rotatable bonds is 10. The second-order valence-corrected chi connectivity index (χ2v) is 14.0. The number of hydrogen-bond acceptors (Lipinski definition) is 10. The highest BCUT2D eigenvalue weighted by Gasteiger charge is 2.53. The van der Waals surface area contributed by atoms with E-state index < -0.39 is 30.3 Å². The summed E-state index contributed by atoms with van der Waals surface area (Å²) in [5.74, 6) is -0.597. The second-order valence-electron chi connectivity index (χ2n) is 13.5. The lowest BCUT2D eigenvalue weighted by atomic mass is 9.77. The van der Waals surface area contributed by atoms with Crippen molar-refractivity contribution in [3.05, 3.63) is 76.9 Å². The lowest BCUT2D eigenvalue weighted by Crippen LogP contribution is -2.51. The molecule has 4 heterocycles.